The average molecular weight is 314 g/mol. The highest BCUT2D eigenvalue weighted by molar-refractivity contribution is 7.89. The Kier molecular flexibility index (Phi) is 4.75. The molecule has 0 aliphatic heterocycles. The van der Waals surface area contributed by atoms with E-state index >= 15 is 0 Å². The van der Waals surface area contributed by atoms with Crippen LogP contribution in [0.25, 0.3) is 0 Å². The molecule has 1 unspecified atom stereocenters. The molecule has 0 heterocycles. The molecule has 1 aliphatic carbocycles. The van der Waals surface area contributed by atoms with Crippen molar-refractivity contribution in [3.8, 4) is 11.5 Å². The maximum atomic E-state index is 12.4. The fraction of sp³-hybridized carbons (Fsp3) is 0.571. The Balaban J connectivity index is 2.22. The van der Waals surface area contributed by atoms with Gasteiger partial charge in [0.15, 0.2) is 11.5 Å². The fourth-order valence-corrected chi connectivity index (χ4v) is 3.54. The summed E-state index contributed by atoms with van der Waals surface area (Å²) in [4.78, 5) is 0.183. The minimum Gasteiger partial charge on any atom is -0.493 e. The van der Waals surface area contributed by atoms with Gasteiger partial charge in [0.05, 0.1) is 19.1 Å². The molecule has 1 aliphatic rings. The molecular formula is C14H22N2O4S. The van der Waals surface area contributed by atoms with Crippen molar-refractivity contribution in [2.45, 2.75) is 30.7 Å². The number of ether oxygens (including phenoxy) is 2. The molecule has 21 heavy (non-hydrogen) atoms. The summed E-state index contributed by atoms with van der Waals surface area (Å²) in [6, 6.07) is 2.99. The van der Waals surface area contributed by atoms with Crippen molar-refractivity contribution in [3.05, 3.63) is 17.7 Å². The number of benzene rings is 1. The molecule has 0 spiro atoms. The number of hydrogen-bond donors (Lipinski definition) is 2. The highest BCUT2D eigenvalue weighted by Crippen LogP contribution is 2.33. The molecule has 0 saturated heterocycles. The van der Waals surface area contributed by atoms with Crippen molar-refractivity contribution in [2.24, 2.45) is 11.7 Å². The quantitative estimate of drug-likeness (QED) is 0.784. The number of aryl methyl sites for hydroxylation is 1. The third kappa shape index (κ3) is 3.66. The van der Waals surface area contributed by atoms with E-state index in [4.69, 9.17) is 15.2 Å². The molecule has 2 rings (SSSR count). The lowest BCUT2D eigenvalue weighted by molar-refractivity contribution is 0.353. The van der Waals surface area contributed by atoms with Gasteiger partial charge in [0.2, 0.25) is 10.0 Å². The average Bonchev–Trinajstić information content (AvgIpc) is 3.28. The molecule has 1 aromatic carbocycles. The van der Waals surface area contributed by atoms with Crippen molar-refractivity contribution >= 4 is 10.0 Å². The van der Waals surface area contributed by atoms with E-state index in [9.17, 15) is 8.42 Å². The molecule has 0 aromatic heterocycles. The van der Waals surface area contributed by atoms with Crippen LogP contribution in [0.15, 0.2) is 17.0 Å². The molecule has 1 atom stereocenters. The summed E-state index contributed by atoms with van der Waals surface area (Å²) in [6.45, 7) is 1.97. The number of methoxy groups -OCH3 is 2. The molecule has 0 bridgehead atoms. The van der Waals surface area contributed by atoms with Gasteiger partial charge in [-0.1, -0.05) is 0 Å². The molecular weight excluding hydrogens is 292 g/mol. The predicted octanol–water partition coefficient (Wildman–Crippen LogP) is 1.03. The third-order valence-electron chi connectivity index (χ3n) is 3.71. The molecule has 1 saturated carbocycles. The van der Waals surface area contributed by atoms with Crippen LogP contribution in [-0.4, -0.2) is 35.2 Å². The number of rotatable bonds is 7. The van der Waals surface area contributed by atoms with Crippen LogP contribution >= 0.6 is 0 Å². The van der Waals surface area contributed by atoms with Gasteiger partial charge in [0.1, 0.15) is 0 Å². The minimum absolute atomic E-state index is 0.125. The smallest absolute Gasteiger partial charge is 0.241 e. The first-order chi connectivity index (χ1) is 9.89. The van der Waals surface area contributed by atoms with Gasteiger partial charge in [0.25, 0.3) is 0 Å². The normalized spacial score (nSPS) is 16.6. The highest BCUT2D eigenvalue weighted by atomic mass is 32.2. The summed E-state index contributed by atoms with van der Waals surface area (Å²) in [6.07, 6.45) is 2.16. The summed E-state index contributed by atoms with van der Waals surface area (Å²) >= 11 is 0. The Morgan fingerprint density at radius 2 is 1.86 bits per heavy atom. The van der Waals surface area contributed by atoms with Gasteiger partial charge < -0.3 is 15.2 Å². The van der Waals surface area contributed by atoms with Gasteiger partial charge >= 0.3 is 0 Å². The molecule has 0 radical (unpaired) electrons. The summed E-state index contributed by atoms with van der Waals surface area (Å²) in [5, 5.41) is 0. The summed E-state index contributed by atoms with van der Waals surface area (Å²) < 4.78 is 37.7. The lowest BCUT2D eigenvalue weighted by Gasteiger charge is -2.15. The van der Waals surface area contributed by atoms with Gasteiger partial charge in [-0.3, -0.25) is 0 Å². The number of hydrogen-bond acceptors (Lipinski definition) is 5. The Labute approximate surface area is 125 Å². The van der Waals surface area contributed by atoms with Gasteiger partial charge in [-0.05, 0) is 37.3 Å². The predicted molar refractivity (Wildman–Crippen MR) is 80.2 cm³/mol. The van der Waals surface area contributed by atoms with Crippen molar-refractivity contribution in [3.63, 3.8) is 0 Å². The zero-order valence-electron chi connectivity index (χ0n) is 12.5. The number of nitrogens with one attached hydrogen (secondary N) is 1. The van der Waals surface area contributed by atoms with Crippen molar-refractivity contribution in [2.75, 3.05) is 20.8 Å². The summed E-state index contributed by atoms with van der Waals surface area (Å²) in [7, 11) is -0.630. The highest BCUT2D eigenvalue weighted by Gasteiger charge is 2.30. The van der Waals surface area contributed by atoms with Crippen LogP contribution in [0, 0.1) is 12.8 Å². The Hall–Kier alpha value is -1.31. The fourth-order valence-electron chi connectivity index (χ4n) is 2.23. The van der Waals surface area contributed by atoms with Crippen LogP contribution < -0.4 is 19.9 Å². The lowest BCUT2D eigenvalue weighted by Crippen LogP contribution is -2.38. The van der Waals surface area contributed by atoms with E-state index in [1.54, 1.807) is 13.0 Å². The molecule has 1 aromatic rings. The first-order valence-electron chi connectivity index (χ1n) is 6.87. The van der Waals surface area contributed by atoms with E-state index < -0.39 is 10.0 Å². The van der Waals surface area contributed by atoms with Crippen LogP contribution in [0.3, 0.4) is 0 Å². The maximum absolute atomic E-state index is 12.4. The Bertz CT molecular complexity index is 612. The Morgan fingerprint density at radius 3 is 2.38 bits per heavy atom. The summed E-state index contributed by atoms with van der Waals surface area (Å²) in [5.41, 5.74) is 6.53. The van der Waals surface area contributed by atoms with Crippen molar-refractivity contribution < 1.29 is 17.9 Å². The lowest BCUT2D eigenvalue weighted by atomic mass is 10.2. The third-order valence-corrected chi connectivity index (χ3v) is 5.27. The number of sulfonamides is 1. The molecule has 7 heteroatoms. The van der Waals surface area contributed by atoms with E-state index in [0.29, 0.717) is 23.0 Å². The van der Waals surface area contributed by atoms with Crippen LogP contribution in [0.5, 0.6) is 11.5 Å². The van der Waals surface area contributed by atoms with Gasteiger partial charge in [-0.2, -0.15) is 0 Å². The molecule has 3 N–H and O–H groups in total. The summed E-state index contributed by atoms with van der Waals surface area (Å²) in [5.74, 6) is 1.33. The molecule has 1 fully saturated rings. The van der Waals surface area contributed by atoms with Crippen LogP contribution in [0.4, 0.5) is 0 Å². The van der Waals surface area contributed by atoms with E-state index in [1.807, 2.05) is 0 Å². The van der Waals surface area contributed by atoms with E-state index in [2.05, 4.69) is 4.72 Å². The molecule has 0 amide bonds. The maximum Gasteiger partial charge on any atom is 0.241 e. The second-order valence-corrected chi connectivity index (χ2v) is 7.06. The number of nitrogens with two attached hydrogens (primary N) is 1. The zero-order chi connectivity index (χ0) is 15.6. The molecule has 118 valence electrons. The standard InChI is InChI=1S/C14H22N2O4S/c1-9-6-12(19-2)13(20-3)7-14(9)21(17,18)16-8-11(15)10-4-5-10/h6-7,10-11,16H,4-5,8,15H2,1-3H3. The van der Waals surface area contributed by atoms with Crippen molar-refractivity contribution in [1.29, 1.82) is 0 Å². The second kappa shape index (κ2) is 6.21. The molecule has 6 nitrogen and oxygen atoms in total. The zero-order valence-corrected chi connectivity index (χ0v) is 13.4. The minimum atomic E-state index is -3.61. The SMILES string of the molecule is COc1cc(C)c(S(=O)(=O)NCC(N)C2CC2)cc1OC. The largest absolute Gasteiger partial charge is 0.493 e. The van der Waals surface area contributed by atoms with E-state index in [-0.39, 0.29) is 17.5 Å². The van der Waals surface area contributed by atoms with Gasteiger partial charge in [0, 0.05) is 18.7 Å². The monoisotopic (exact) mass is 314 g/mol. The first kappa shape index (κ1) is 16.1. The topological polar surface area (TPSA) is 90.7 Å². The van der Waals surface area contributed by atoms with E-state index in [1.165, 1.54) is 20.3 Å². The Morgan fingerprint density at radius 1 is 1.29 bits per heavy atom. The van der Waals surface area contributed by atoms with Crippen LogP contribution in [-0.2, 0) is 10.0 Å². The van der Waals surface area contributed by atoms with Crippen LogP contribution in [0.2, 0.25) is 0 Å². The van der Waals surface area contributed by atoms with Gasteiger partial charge in [-0.15, -0.1) is 0 Å². The van der Waals surface area contributed by atoms with Gasteiger partial charge in [-0.25, -0.2) is 13.1 Å². The first-order valence-corrected chi connectivity index (χ1v) is 8.35. The van der Waals surface area contributed by atoms with Crippen molar-refractivity contribution in [1.82, 2.24) is 4.72 Å². The van der Waals surface area contributed by atoms with Crippen LogP contribution in [0.1, 0.15) is 18.4 Å². The second-order valence-electron chi connectivity index (χ2n) is 5.33. The van der Waals surface area contributed by atoms with E-state index in [0.717, 1.165) is 12.8 Å².